The lowest BCUT2D eigenvalue weighted by Gasteiger charge is -2.05. The predicted octanol–water partition coefficient (Wildman–Crippen LogP) is 3.80. The molecule has 0 aromatic carbocycles. The minimum atomic E-state index is 0.607. The zero-order valence-electron chi connectivity index (χ0n) is 12.1. The molecule has 0 bridgehead atoms. The summed E-state index contributed by atoms with van der Waals surface area (Å²) >= 11 is 0. The first-order valence-corrected chi connectivity index (χ1v) is 7.21. The van der Waals surface area contributed by atoms with Crippen molar-refractivity contribution in [3.05, 3.63) is 18.2 Å². The molecule has 1 aromatic heterocycles. The topological polar surface area (TPSA) is 8.81 Å². The molecule has 0 aliphatic rings. The van der Waals surface area contributed by atoms with Gasteiger partial charge in [-0.2, -0.15) is 0 Å². The molecule has 2 heteroatoms. The second-order valence-electron chi connectivity index (χ2n) is 5.38. The lowest BCUT2D eigenvalue weighted by atomic mass is 10.1. The van der Waals surface area contributed by atoms with Crippen LogP contribution >= 0.6 is 0 Å². The maximum absolute atomic E-state index is 2.42. The third-order valence-corrected chi connectivity index (χ3v) is 3.39. The molecule has 0 aliphatic heterocycles. The van der Waals surface area contributed by atoms with Gasteiger partial charge in [-0.25, -0.2) is 9.13 Å². The van der Waals surface area contributed by atoms with E-state index in [1.54, 1.807) is 0 Å². The summed E-state index contributed by atoms with van der Waals surface area (Å²) in [5.74, 6) is 2.05. The van der Waals surface area contributed by atoms with Gasteiger partial charge in [-0.15, -0.1) is 0 Å². The first-order chi connectivity index (χ1) is 8.16. The van der Waals surface area contributed by atoms with E-state index in [1.165, 1.54) is 50.9 Å². The third kappa shape index (κ3) is 4.53. The van der Waals surface area contributed by atoms with Crippen molar-refractivity contribution in [3.8, 4) is 0 Å². The third-order valence-electron chi connectivity index (χ3n) is 3.39. The van der Waals surface area contributed by atoms with E-state index in [-0.39, 0.29) is 0 Å². The smallest absolute Gasteiger partial charge is 0.237 e. The largest absolute Gasteiger partial charge is 0.258 e. The van der Waals surface area contributed by atoms with Gasteiger partial charge in [0.1, 0.15) is 12.4 Å². The Bertz CT molecular complexity index is 313. The van der Waals surface area contributed by atoms with Gasteiger partial charge in [0.15, 0.2) is 0 Å². The Hall–Kier alpha value is -0.790. The highest BCUT2D eigenvalue weighted by atomic mass is 15.1. The molecule has 1 heterocycles. The zero-order valence-corrected chi connectivity index (χ0v) is 12.1. The molecule has 0 saturated heterocycles. The molecule has 2 nitrogen and oxygen atoms in total. The van der Waals surface area contributed by atoms with Gasteiger partial charge in [-0.1, -0.05) is 46.5 Å². The van der Waals surface area contributed by atoms with Gasteiger partial charge in [0.25, 0.3) is 5.82 Å². The highest BCUT2D eigenvalue weighted by Crippen LogP contribution is 2.12. The van der Waals surface area contributed by atoms with E-state index >= 15 is 0 Å². The number of hydrogen-bond donors (Lipinski definition) is 0. The molecule has 0 radical (unpaired) electrons. The molecule has 0 spiro atoms. The zero-order chi connectivity index (χ0) is 12.7. The van der Waals surface area contributed by atoms with Crippen molar-refractivity contribution in [2.45, 2.75) is 71.8 Å². The normalized spacial score (nSPS) is 11.4. The summed E-state index contributed by atoms with van der Waals surface area (Å²) in [6, 6.07) is 0. The molecule has 0 saturated carbocycles. The van der Waals surface area contributed by atoms with E-state index < -0.39 is 0 Å². The first-order valence-electron chi connectivity index (χ1n) is 7.21. The van der Waals surface area contributed by atoms with E-state index in [0.29, 0.717) is 5.92 Å². The van der Waals surface area contributed by atoms with E-state index in [9.17, 15) is 0 Å². The van der Waals surface area contributed by atoms with Crippen LogP contribution in [0.15, 0.2) is 12.4 Å². The van der Waals surface area contributed by atoms with Crippen LogP contribution in [-0.4, -0.2) is 4.57 Å². The van der Waals surface area contributed by atoms with Gasteiger partial charge in [-0.3, -0.25) is 0 Å². The molecule has 0 atom stereocenters. The van der Waals surface area contributed by atoms with Crippen LogP contribution in [0.25, 0.3) is 0 Å². The van der Waals surface area contributed by atoms with Crippen LogP contribution in [0.2, 0.25) is 0 Å². The second-order valence-corrected chi connectivity index (χ2v) is 5.38. The van der Waals surface area contributed by atoms with Gasteiger partial charge in [0.2, 0.25) is 0 Å². The standard InChI is InChI=1S/C15H29N2/c1-5-6-7-8-9-10-11-17-13-12-16(4)15(17)14(2)3/h12-14H,5-11H2,1-4H3/q+1. The number of aromatic nitrogens is 2. The molecule has 0 fully saturated rings. The molecule has 0 N–H and O–H groups in total. The first kappa shape index (κ1) is 14.3. The Kier molecular flexibility index (Phi) is 6.31. The molecule has 17 heavy (non-hydrogen) atoms. The number of aryl methyl sites for hydroxylation is 2. The Labute approximate surface area is 107 Å². The number of imidazole rings is 1. The Morgan fingerprint density at radius 2 is 1.76 bits per heavy atom. The fourth-order valence-electron chi connectivity index (χ4n) is 2.53. The second kappa shape index (κ2) is 7.52. The summed E-state index contributed by atoms with van der Waals surface area (Å²) < 4.78 is 4.67. The van der Waals surface area contributed by atoms with E-state index in [0.717, 1.165) is 0 Å². The van der Waals surface area contributed by atoms with Crippen molar-refractivity contribution < 1.29 is 4.57 Å². The average Bonchev–Trinajstić information content (AvgIpc) is 2.65. The Balaban J connectivity index is 2.32. The molecular weight excluding hydrogens is 208 g/mol. The minimum Gasteiger partial charge on any atom is -0.237 e. The van der Waals surface area contributed by atoms with Gasteiger partial charge in [-0.05, 0) is 12.8 Å². The molecule has 0 aliphatic carbocycles. The van der Waals surface area contributed by atoms with Crippen LogP contribution in [0, 0.1) is 0 Å². The monoisotopic (exact) mass is 237 g/mol. The van der Waals surface area contributed by atoms with Crippen molar-refractivity contribution in [2.24, 2.45) is 7.05 Å². The molecule has 1 rings (SSSR count). The van der Waals surface area contributed by atoms with Crippen molar-refractivity contribution in [2.75, 3.05) is 0 Å². The maximum atomic E-state index is 2.42. The van der Waals surface area contributed by atoms with Gasteiger partial charge >= 0.3 is 0 Å². The highest BCUT2D eigenvalue weighted by Gasteiger charge is 2.17. The van der Waals surface area contributed by atoms with E-state index in [4.69, 9.17) is 0 Å². The molecule has 0 unspecified atom stereocenters. The van der Waals surface area contributed by atoms with Gasteiger partial charge in [0, 0.05) is 0 Å². The molecule has 1 aromatic rings. The summed E-state index contributed by atoms with van der Waals surface area (Å²) in [5, 5.41) is 0. The van der Waals surface area contributed by atoms with Crippen molar-refractivity contribution in [1.29, 1.82) is 0 Å². The summed E-state index contributed by atoms with van der Waals surface area (Å²) in [5.41, 5.74) is 0. The van der Waals surface area contributed by atoms with Crippen LogP contribution in [0.3, 0.4) is 0 Å². The van der Waals surface area contributed by atoms with Gasteiger partial charge in [0.05, 0.1) is 19.5 Å². The van der Waals surface area contributed by atoms with Crippen molar-refractivity contribution >= 4 is 0 Å². The predicted molar refractivity (Wildman–Crippen MR) is 73.1 cm³/mol. The average molecular weight is 237 g/mol. The number of unbranched alkanes of at least 4 members (excludes halogenated alkanes) is 5. The molecule has 98 valence electrons. The van der Waals surface area contributed by atoms with Crippen LogP contribution in [0.5, 0.6) is 0 Å². The number of rotatable bonds is 8. The minimum absolute atomic E-state index is 0.607. The fraction of sp³-hybridized carbons (Fsp3) is 0.800. The maximum Gasteiger partial charge on any atom is 0.258 e. The molecular formula is C15H29N2+. The van der Waals surface area contributed by atoms with Crippen LogP contribution in [-0.2, 0) is 13.6 Å². The SMILES string of the molecule is CCCCCCCCn1cc[n+](C)c1C(C)C. The van der Waals surface area contributed by atoms with Crippen molar-refractivity contribution in [3.63, 3.8) is 0 Å². The van der Waals surface area contributed by atoms with Crippen molar-refractivity contribution in [1.82, 2.24) is 4.57 Å². The quantitative estimate of drug-likeness (QED) is 0.480. The fourth-order valence-corrected chi connectivity index (χ4v) is 2.53. The number of hydrogen-bond acceptors (Lipinski definition) is 0. The number of nitrogens with zero attached hydrogens (tertiary/aromatic N) is 2. The molecule has 0 amide bonds. The Morgan fingerprint density at radius 1 is 1.12 bits per heavy atom. The summed E-state index contributed by atoms with van der Waals surface area (Å²) in [7, 11) is 2.15. The lowest BCUT2D eigenvalue weighted by molar-refractivity contribution is -0.680. The summed E-state index contributed by atoms with van der Waals surface area (Å²) in [6.45, 7) is 8.00. The summed E-state index contributed by atoms with van der Waals surface area (Å²) in [6.07, 6.45) is 12.6. The lowest BCUT2D eigenvalue weighted by Crippen LogP contribution is -2.33. The van der Waals surface area contributed by atoms with E-state index in [2.05, 4.69) is 49.3 Å². The van der Waals surface area contributed by atoms with Crippen LogP contribution in [0.1, 0.15) is 71.0 Å². The van der Waals surface area contributed by atoms with Crippen LogP contribution in [0.4, 0.5) is 0 Å². The highest BCUT2D eigenvalue weighted by molar-refractivity contribution is 4.89. The summed E-state index contributed by atoms with van der Waals surface area (Å²) in [4.78, 5) is 0. The van der Waals surface area contributed by atoms with Gasteiger partial charge < -0.3 is 0 Å². The Morgan fingerprint density at radius 3 is 2.41 bits per heavy atom. The van der Waals surface area contributed by atoms with Crippen LogP contribution < -0.4 is 4.57 Å². The van der Waals surface area contributed by atoms with E-state index in [1.807, 2.05) is 0 Å².